The van der Waals surface area contributed by atoms with E-state index in [1.807, 2.05) is 0 Å². The Morgan fingerprint density at radius 2 is 1.81 bits per heavy atom. The minimum Gasteiger partial charge on any atom is -0.331 e. The molecule has 1 N–H and O–H groups in total. The Bertz CT molecular complexity index is 1110. The van der Waals surface area contributed by atoms with Crippen molar-refractivity contribution in [3.8, 4) is 0 Å². The fraction of sp³-hybridized carbons (Fsp3) is 0.200. The van der Waals surface area contributed by atoms with Crippen LogP contribution in [-0.4, -0.2) is 15.8 Å². The van der Waals surface area contributed by atoms with Crippen molar-refractivity contribution in [3.05, 3.63) is 81.4 Å². The average molecular weight is 372 g/mol. The van der Waals surface area contributed by atoms with E-state index in [0.29, 0.717) is 22.9 Å². The molecule has 0 radical (unpaired) electrons. The number of pyridine rings is 1. The first-order chi connectivity index (χ1) is 13.0. The highest BCUT2D eigenvalue weighted by molar-refractivity contribution is 5.84. The van der Waals surface area contributed by atoms with Crippen LogP contribution in [0.1, 0.15) is 30.0 Å². The number of amides is 1. The van der Waals surface area contributed by atoms with Crippen LogP contribution in [-0.2, 0) is 11.3 Å². The van der Waals surface area contributed by atoms with Gasteiger partial charge >= 0.3 is 0 Å². The molecule has 0 spiro atoms. The molecule has 1 saturated heterocycles. The summed E-state index contributed by atoms with van der Waals surface area (Å²) in [4.78, 5) is 28.1. The van der Waals surface area contributed by atoms with E-state index in [1.165, 1.54) is 23.1 Å². The molecule has 1 aromatic heterocycles. The Morgan fingerprint density at radius 3 is 2.59 bits per heavy atom. The van der Waals surface area contributed by atoms with Gasteiger partial charge < -0.3 is 9.88 Å². The molecule has 1 amide bonds. The van der Waals surface area contributed by atoms with E-state index in [9.17, 15) is 22.8 Å². The smallest absolute Gasteiger partial charge is 0.248 e. The molecule has 0 saturated carbocycles. The molecular weight excluding hydrogens is 357 g/mol. The van der Waals surface area contributed by atoms with Crippen LogP contribution in [0.15, 0.2) is 47.3 Å². The van der Waals surface area contributed by atoms with Crippen LogP contribution in [0.2, 0.25) is 0 Å². The van der Waals surface area contributed by atoms with Crippen molar-refractivity contribution in [2.45, 2.75) is 25.4 Å². The van der Waals surface area contributed by atoms with E-state index in [4.69, 9.17) is 0 Å². The third-order valence-electron chi connectivity index (χ3n) is 4.93. The number of hydrogen-bond acceptors (Lipinski definition) is 2. The summed E-state index contributed by atoms with van der Waals surface area (Å²) in [5.74, 6) is -2.81. The molecule has 4 nitrogen and oxygen atoms in total. The molecule has 7 heteroatoms. The summed E-state index contributed by atoms with van der Waals surface area (Å²) in [6.07, 6.45) is 0.701. The topological polar surface area (TPSA) is 53.2 Å². The Labute approximate surface area is 152 Å². The van der Waals surface area contributed by atoms with Gasteiger partial charge in [0.25, 0.3) is 0 Å². The van der Waals surface area contributed by atoms with E-state index in [0.717, 1.165) is 6.07 Å². The summed E-state index contributed by atoms with van der Waals surface area (Å²) in [5, 5.41) is 0.306. The number of hydrogen-bond donors (Lipinski definition) is 1. The molecule has 0 bridgehead atoms. The van der Waals surface area contributed by atoms with Crippen LogP contribution < -0.4 is 5.56 Å². The Kier molecular flexibility index (Phi) is 4.22. The highest BCUT2D eigenvalue weighted by Gasteiger charge is 2.34. The van der Waals surface area contributed by atoms with Gasteiger partial charge in [-0.15, -0.1) is 0 Å². The quantitative estimate of drug-likeness (QED) is 0.760. The maximum atomic E-state index is 14.2. The normalized spacial score (nSPS) is 17.1. The number of likely N-dealkylation sites (tertiary alicyclic amines) is 1. The predicted octanol–water partition coefficient (Wildman–Crippen LogP) is 3.81. The van der Waals surface area contributed by atoms with Crippen LogP contribution in [0.4, 0.5) is 13.2 Å². The summed E-state index contributed by atoms with van der Waals surface area (Å²) < 4.78 is 41.8. The van der Waals surface area contributed by atoms with Crippen molar-refractivity contribution in [2.75, 3.05) is 0 Å². The zero-order chi connectivity index (χ0) is 19.1. The van der Waals surface area contributed by atoms with Crippen LogP contribution in [0.3, 0.4) is 0 Å². The second-order valence-electron chi connectivity index (χ2n) is 6.54. The zero-order valence-electron chi connectivity index (χ0n) is 14.1. The SMILES string of the molecule is O=C1CCC(c2ccccc2F)N1Cc1cc(=O)[nH]c2c(F)c(F)ccc12. The van der Waals surface area contributed by atoms with Gasteiger partial charge in [0.2, 0.25) is 11.5 Å². The number of carbonyl (C=O) groups is 1. The van der Waals surface area contributed by atoms with Crippen LogP contribution in [0.5, 0.6) is 0 Å². The average Bonchev–Trinajstić information content (AvgIpc) is 2.99. The van der Waals surface area contributed by atoms with Gasteiger partial charge in [-0.1, -0.05) is 18.2 Å². The van der Waals surface area contributed by atoms with Gasteiger partial charge in [0.1, 0.15) is 5.82 Å². The second-order valence-corrected chi connectivity index (χ2v) is 6.54. The number of H-pyrrole nitrogens is 1. The number of fused-ring (bicyclic) bond motifs is 1. The molecule has 2 aromatic carbocycles. The van der Waals surface area contributed by atoms with Gasteiger partial charge in [-0.2, -0.15) is 0 Å². The summed E-state index contributed by atoms with van der Waals surface area (Å²) >= 11 is 0. The Morgan fingerprint density at radius 1 is 1.04 bits per heavy atom. The number of rotatable bonds is 3. The van der Waals surface area contributed by atoms with Crippen molar-refractivity contribution >= 4 is 16.8 Å². The molecule has 138 valence electrons. The van der Waals surface area contributed by atoms with Crippen molar-refractivity contribution in [1.29, 1.82) is 0 Å². The number of nitrogens with one attached hydrogen (secondary N) is 1. The largest absolute Gasteiger partial charge is 0.331 e. The maximum Gasteiger partial charge on any atom is 0.248 e. The minimum atomic E-state index is -1.15. The molecule has 1 aliphatic heterocycles. The predicted molar refractivity (Wildman–Crippen MR) is 93.4 cm³/mol. The maximum absolute atomic E-state index is 14.2. The minimum absolute atomic E-state index is 0.00330. The van der Waals surface area contributed by atoms with Gasteiger partial charge in [-0.05, 0) is 30.2 Å². The van der Waals surface area contributed by atoms with Gasteiger partial charge in [0.05, 0.1) is 11.6 Å². The third kappa shape index (κ3) is 2.99. The molecule has 1 atom stereocenters. The monoisotopic (exact) mass is 372 g/mol. The lowest BCUT2D eigenvalue weighted by Crippen LogP contribution is -2.28. The summed E-state index contributed by atoms with van der Waals surface area (Å²) in [6, 6.07) is 9.33. The molecule has 3 aromatic rings. The van der Waals surface area contributed by atoms with E-state index in [2.05, 4.69) is 4.98 Å². The number of carbonyl (C=O) groups excluding carboxylic acids is 1. The fourth-order valence-electron chi connectivity index (χ4n) is 3.65. The summed E-state index contributed by atoms with van der Waals surface area (Å²) in [7, 11) is 0. The van der Waals surface area contributed by atoms with Crippen molar-refractivity contribution in [3.63, 3.8) is 0 Å². The molecule has 4 rings (SSSR count). The van der Waals surface area contributed by atoms with Gasteiger partial charge in [-0.25, -0.2) is 13.2 Å². The molecule has 0 aliphatic carbocycles. The third-order valence-corrected chi connectivity index (χ3v) is 4.93. The number of aromatic nitrogens is 1. The van der Waals surface area contributed by atoms with Crippen molar-refractivity contribution in [2.24, 2.45) is 0 Å². The van der Waals surface area contributed by atoms with E-state index in [1.54, 1.807) is 18.2 Å². The number of benzene rings is 2. The molecule has 1 aliphatic rings. The second kappa shape index (κ2) is 6.57. The van der Waals surface area contributed by atoms with Crippen molar-refractivity contribution < 1.29 is 18.0 Å². The van der Waals surface area contributed by atoms with E-state index in [-0.39, 0.29) is 24.4 Å². The molecule has 1 fully saturated rings. The lowest BCUT2D eigenvalue weighted by atomic mass is 10.0. The van der Waals surface area contributed by atoms with Gasteiger partial charge in [0, 0.05) is 30.0 Å². The first kappa shape index (κ1) is 17.3. The lowest BCUT2D eigenvalue weighted by molar-refractivity contribution is -0.129. The van der Waals surface area contributed by atoms with Crippen LogP contribution in [0.25, 0.3) is 10.9 Å². The van der Waals surface area contributed by atoms with E-state index < -0.39 is 29.1 Å². The lowest BCUT2D eigenvalue weighted by Gasteiger charge is -2.26. The Balaban J connectivity index is 1.79. The first-order valence-corrected chi connectivity index (χ1v) is 8.49. The number of nitrogens with zero attached hydrogens (tertiary/aromatic N) is 1. The summed E-state index contributed by atoms with van der Waals surface area (Å²) in [6.45, 7) is 0.00330. The van der Waals surface area contributed by atoms with Crippen molar-refractivity contribution in [1.82, 2.24) is 9.88 Å². The highest BCUT2D eigenvalue weighted by Crippen LogP contribution is 2.36. The number of aromatic amines is 1. The zero-order valence-corrected chi connectivity index (χ0v) is 14.1. The van der Waals surface area contributed by atoms with E-state index >= 15 is 0 Å². The molecule has 27 heavy (non-hydrogen) atoms. The standard InChI is InChI=1S/C20H15F3N2O2/c21-14-4-2-1-3-13(14)16-7-8-18(27)25(16)10-11-9-17(26)24-20-12(11)5-6-15(22)19(20)23/h1-6,9,16H,7-8,10H2,(H,24,26). The molecular formula is C20H15F3N2O2. The number of halogens is 3. The summed E-state index contributed by atoms with van der Waals surface area (Å²) in [5.41, 5.74) is -0.0679. The Hall–Kier alpha value is -3.09. The molecule has 1 unspecified atom stereocenters. The molecule has 2 heterocycles. The van der Waals surface area contributed by atoms with Gasteiger partial charge in [-0.3, -0.25) is 9.59 Å². The van der Waals surface area contributed by atoms with Gasteiger partial charge in [0.15, 0.2) is 11.6 Å². The fourth-order valence-corrected chi connectivity index (χ4v) is 3.65. The highest BCUT2D eigenvalue weighted by atomic mass is 19.2. The van der Waals surface area contributed by atoms with Crippen LogP contribution in [0, 0.1) is 17.5 Å². The van der Waals surface area contributed by atoms with Crippen LogP contribution >= 0.6 is 0 Å². The first-order valence-electron chi connectivity index (χ1n) is 8.49.